The van der Waals surface area contributed by atoms with Crippen molar-refractivity contribution < 1.29 is 0 Å². The molecule has 68 valence electrons. The topological polar surface area (TPSA) is 0 Å². The molecule has 0 amide bonds. The fourth-order valence-electron chi connectivity index (χ4n) is 1.68. The average Bonchev–Trinajstić information content (AvgIpc) is 1.82. The summed E-state index contributed by atoms with van der Waals surface area (Å²) in [6.07, 6.45) is 4.61. The molecule has 0 nitrogen and oxygen atoms in total. The molecule has 2 heteroatoms. The lowest BCUT2D eigenvalue weighted by atomic mass is 9.79. The zero-order chi connectivity index (χ0) is 9.19. The van der Waals surface area contributed by atoms with Crippen LogP contribution in [-0.2, 0) is 0 Å². The number of hydrogen-bond acceptors (Lipinski definition) is 1. The van der Waals surface area contributed by atoms with Gasteiger partial charge >= 0.3 is 0 Å². The molecule has 1 rings (SSSR count). The average molecular weight is 200 g/mol. The molecule has 0 radical (unpaired) electrons. The summed E-state index contributed by atoms with van der Waals surface area (Å²) in [5, 5.41) is 0. The van der Waals surface area contributed by atoms with Crippen LogP contribution in [0.3, 0.4) is 0 Å². The van der Waals surface area contributed by atoms with Crippen LogP contribution < -0.4 is 0 Å². The summed E-state index contributed by atoms with van der Waals surface area (Å²) in [6, 6.07) is 0. The molecule has 0 fully saturated rings. The first-order valence-corrected chi connectivity index (χ1v) is 6.05. The van der Waals surface area contributed by atoms with E-state index < -0.39 is 0 Å². The molecule has 1 aliphatic rings. The van der Waals surface area contributed by atoms with Crippen LogP contribution in [0.15, 0.2) is 23.1 Å². The Labute approximate surface area is 82.1 Å². The highest BCUT2D eigenvalue weighted by Gasteiger charge is 2.24. The Bertz CT molecular complexity index is 216. The molecule has 12 heavy (non-hydrogen) atoms. The number of hydrogen-bond donors (Lipinski definition) is 0. The molecule has 0 aromatic carbocycles. The normalized spacial score (nSPS) is 22.2. The van der Waals surface area contributed by atoms with Gasteiger partial charge in [0.05, 0.1) is 0 Å². The molecular weight excluding hydrogens is 183 g/mol. The van der Waals surface area contributed by atoms with Gasteiger partial charge in [-0.3, -0.25) is 0 Å². The van der Waals surface area contributed by atoms with Crippen molar-refractivity contribution in [3.8, 4) is 0 Å². The van der Waals surface area contributed by atoms with Crippen LogP contribution >= 0.6 is 21.0 Å². The summed E-state index contributed by atoms with van der Waals surface area (Å²) in [4.78, 5) is 1.49. The van der Waals surface area contributed by atoms with Gasteiger partial charge in [0.2, 0.25) is 0 Å². The molecule has 1 aliphatic carbocycles. The van der Waals surface area contributed by atoms with Crippen LogP contribution in [0.4, 0.5) is 0 Å². The van der Waals surface area contributed by atoms with E-state index >= 15 is 0 Å². The van der Waals surface area contributed by atoms with Crippen molar-refractivity contribution in [3.63, 3.8) is 0 Å². The molecule has 0 saturated heterocycles. The van der Waals surface area contributed by atoms with Gasteiger partial charge in [0.15, 0.2) is 0 Å². The molecule has 0 saturated carbocycles. The number of rotatable bonds is 2. The predicted molar refractivity (Wildman–Crippen MR) is 62.4 cm³/mol. The molecule has 1 atom stereocenters. The van der Waals surface area contributed by atoms with Gasteiger partial charge in [-0.05, 0) is 23.2 Å². The van der Waals surface area contributed by atoms with Gasteiger partial charge in [0.25, 0.3) is 0 Å². The van der Waals surface area contributed by atoms with Crippen molar-refractivity contribution in [3.05, 3.63) is 23.1 Å². The first-order valence-electron chi connectivity index (χ1n) is 4.25. The molecule has 1 unspecified atom stereocenters. The molecule has 0 bridgehead atoms. The van der Waals surface area contributed by atoms with Gasteiger partial charge in [0, 0.05) is 5.49 Å². The Morgan fingerprint density at radius 1 is 1.58 bits per heavy atom. The van der Waals surface area contributed by atoms with Crippen molar-refractivity contribution >= 4 is 21.0 Å². The monoisotopic (exact) mass is 200 g/mol. The first-order chi connectivity index (χ1) is 5.53. The van der Waals surface area contributed by atoms with E-state index in [0.29, 0.717) is 5.41 Å². The van der Waals surface area contributed by atoms with E-state index in [1.54, 1.807) is 0 Å². The second-order valence-electron chi connectivity index (χ2n) is 4.10. The SMILES string of the molecule is C=C1C=C(SCP)CC(C)(C)C1. The zero-order valence-electron chi connectivity index (χ0n) is 7.89. The van der Waals surface area contributed by atoms with Crippen LogP contribution in [0, 0.1) is 5.41 Å². The van der Waals surface area contributed by atoms with E-state index in [1.807, 2.05) is 11.8 Å². The standard InChI is InChI=1S/C10H17PS/c1-8-4-9(12-7-11)6-10(2,3)5-8/h4H,1,5-7,11H2,2-3H3. The van der Waals surface area contributed by atoms with E-state index in [2.05, 4.69) is 35.7 Å². The lowest BCUT2D eigenvalue weighted by Crippen LogP contribution is -2.15. The van der Waals surface area contributed by atoms with Crippen LogP contribution in [0.25, 0.3) is 0 Å². The minimum absolute atomic E-state index is 0.425. The summed E-state index contributed by atoms with van der Waals surface area (Å²) in [5.41, 5.74) is 2.80. The van der Waals surface area contributed by atoms with E-state index in [-0.39, 0.29) is 0 Å². The Balaban J connectivity index is 2.69. The van der Waals surface area contributed by atoms with Gasteiger partial charge in [-0.2, -0.15) is 0 Å². The molecule has 0 aromatic rings. The molecular formula is C10H17PS. The first kappa shape index (κ1) is 10.3. The maximum absolute atomic E-state index is 4.05. The summed E-state index contributed by atoms with van der Waals surface area (Å²) >= 11 is 1.92. The summed E-state index contributed by atoms with van der Waals surface area (Å²) in [7, 11) is 2.75. The second-order valence-corrected chi connectivity index (χ2v) is 6.24. The van der Waals surface area contributed by atoms with E-state index in [0.717, 1.165) is 11.9 Å². The minimum atomic E-state index is 0.425. The fraction of sp³-hybridized carbons (Fsp3) is 0.600. The maximum Gasteiger partial charge on any atom is 0.0123 e. The molecule has 0 N–H and O–H groups in total. The Kier molecular flexibility index (Phi) is 3.43. The Hall–Kier alpha value is 0.260. The molecule has 0 spiro atoms. The van der Waals surface area contributed by atoms with E-state index in [4.69, 9.17) is 0 Å². The molecule has 0 heterocycles. The van der Waals surface area contributed by atoms with Gasteiger partial charge in [-0.15, -0.1) is 21.0 Å². The van der Waals surface area contributed by atoms with Crippen molar-refractivity contribution in [2.75, 3.05) is 5.49 Å². The van der Waals surface area contributed by atoms with Crippen LogP contribution in [-0.4, -0.2) is 5.49 Å². The van der Waals surface area contributed by atoms with Gasteiger partial charge in [-0.25, -0.2) is 0 Å². The van der Waals surface area contributed by atoms with Crippen molar-refractivity contribution in [1.82, 2.24) is 0 Å². The summed E-state index contributed by atoms with van der Waals surface area (Å²) in [5.74, 6) is 0. The fourth-order valence-corrected chi connectivity index (χ4v) is 3.28. The van der Waals surface area contributed by atoms with Crippen LogP contribution in [0.1, 0.15) is 26.7 Å². The summed E-state index contributed by atoms with van der Waals surface area (Å²) < 4.78 is 0. The largest absolute Gasteiger partial charge is 0.127 e. The quantitative estimate of drug-likeness (QED) is 0.611. The van der Waals surface area contributed by atoms with Gasteiger partial charge < -0.3 is 0 Å². The highest BCUT2D eigenvalue weighted by molar-refractivity contribution is 8.05. The molecule has 0 aromatic heterocycles. The van der Waals surface area contributed by atoms with E-state index in [1.165, 1.54) is 16.9 Å². The van der Waals surface area contributed by atoms with Crippen molar-refractivity contribution in [1.29, 1.82) is 0 Å². The number of thioether (sulfide) groups is 1. The predicted octanol–water partition coefficient (Wildman–Crippen LogP) is 3.81. The zero-order valence-corrected chi connectivity index (χ0v) is 9.86. The highest BCUT2D eigenvalue weighted by Crippen LogP contribution is 2.41. The van der Waals surface area contributed by atoms with Crippen LogP contribution in [0.2, 0.25) is 0 Å². The van der Waals surface area contributed by atoms with Crippen molar-refractivity contribution in [2.45, 2.75) is 26.7 Å². The third-order valence-corrected chi connectivity index (χ3v) is 3.29. The smallest absolute Gasteiger partial charge is 0.0123 e. The lowest BCUT2D eigenvalue weighted by Gasteiger charge is -2.30. The van der Waals surface area contributed by atoms with Crippen molar-refractivity contribution in [2.24, 2.45) is 5.41 Å². The Morgan fingerprint density at radius 3 is 2.75 bits per heavy atom. The maximum atomic E-state index is 4.05. The third kappa shape index (κ3) is 2.95. The van der Waals surface area contributed by atoms with Gasteiger partial charge in [0.1, 0.15) is 0 Å². The second kappa shape index (κ2) is 3.98. The third-order valence-electron chi connectivity index (χ3n) is 1.99. The minimum Gasteiger partial charge on any atom is -0.127 e. The van der Waals surface area contributed by atoms with Crippen LogP contribution in [0.5, 0.6) is 0 Å². The Morgan fingerprint density at radius 2 is 2.25 bits per heavy atom. The van der Waals surface area contributed by atoms with Gasteiger partial charge in [-0.1, -0.05) is 32.1 Å². The molecule has 0 aliphatic heterocycles. The lowest BCUT2D eigenvalue weighted by molar-refractivity contribution is 0.360. The number of allylic oxidation sites excluding steroid dienone is 3. The highest BCUT2D eigenvalue weighted by atomic mass is 32.2. The summed E-state index contributed by atoms with van der Waals surface area (Å²) in [6.45, 7) is 8.67. The van der Waals surface area contributed by atoms with E-state index in [9.17, 15) is 0 Å².